The SMILES string of the molecule is CC(C)(C(=O)N(CC(N)=O)CC(=O)O)c1ccccc1. The lowest BCUT2D eigenvalue weighted by molar-refractivity contribution is -0.147. The number of carboxylic acid groups (broad SMARTS) is 1. The molecule has 6 heteroatoms. The highest BCUT2D eigenvalue weighted by Crippen LogP contribution is 2.25. The summed E-state index contributed by atoms with van der Waals surface area (Å²) in [6, 6.07) is 8.96. The highest BCUT2D eigenvalue weighted by atomic mass is 16.4. The van der Waals surface area contributed by atoms with E-state index >= 15 is 0 Å². The van der Waals surface area contributed by atoms with Crippen molar-refractivity contribution in [1.82, 2.24) is 4.90 Å². The summed E-state index contributed by atoms with van der Waals surface area (Å²) in [6.07, 6.45) is 0. The Labute approximate surface area is 117 Å². The molecule has 0 aliphatic carbocycles. The first-order valence-electron chi connectivity index (χ1n) is 6.10. The smallest absolute Gasteiger partial charge is 0.323 e. The summed E-state index contributed by atoms with van der Waals surface area (Å²) in [5.74, 6) is -2.39. The minimum Gasteiger partial charge on any atom is -0.480 e. The lowest BCUT2D eigenvalue weighted by Gasteiger charge is -2.30. The molecule has 2 amide bonds. The molecule has 6 nitrogen and oxygen atoms in total. The van der Waals surface area contributed by atoms with Crippen molar-refractivity contribution >= 4 is 17.8 Å². The van der Waals surface area contributed by atoms with E-state index < -0.39 is 36.3 Å². The van der Waals surface area contributed by atoms with Crippen molar-refractivity contribution in [3.05, 3.63) is 35.9 Å². The predicted octanol–water partition coefficient (Wildman–Crippen LogP) is 0.363. The first kappa shape index (κ1) is 15.7. The predicted molar refractivity (Wildman–Crippen MR) is 72.9 cm³/mol. The Balaban J connectivity index is 3.04. The van der Waals surface area contributed by atoms with Crippen molar-refractivity contribution in [1.29, 1.82) is 0 Å². The lowest BCUT2D eigenvalue weighted by atomic mass is 9.83. The van der Waals surface area contributed by atoms with Crippen LogP contribution < -0.4 is 5.73 Å². The number of primary amides is 1. The van der Waals surface area contributed by atoms with Crippen LogP contribution >= 0.6 is 0 Å². The Bertz CT molecular complexity index is 495. The number of nitrogens with zero attached hydrogens (tertiary/aromatic N) is 1. The molecule has 0 bridgehead atoms. The van der Waals surface area contributed by atoms with E-state index in [2.05, 4.69) is 0 Å². The first-order chi connectivity index (χ1) is 9.25. The molecule has 0 aliphatic rings. The number of carboxylic acids is 1. The van der Waals surface area contributed by atoms with E-state index in [-0.39, 0.29) is 0 Å². The molecule has 20 heavy (non-hydrogen) atoms. The van der Waals surface area contributed by atoms with Gasteiger partial charge in [0.15, 0.2) is 0 Å². The van der Waals surface area contributed by atoms with E-state index in [1.807, 2.05) is 6.07 Å². The standard InChI is InChI=1S/C14H18N2O4/c1-14(2,10-6-4-3-5-7-10)13(20)16(8-11(15)17)9-12(18)19/h3-7H,8-9H2,1-2H3,(H2,15,17)(H,18,19). The van der Waals surface area contributed by atoms with Gasteiger partial charge in [0.1, 0.15) is 6.54 Å². The van der Waals surface area contributed by atoms with Gasteiger partial charge < -0.3 is 15.7 Å². The number of hydrogen-bond acceptors (Lipinski definition) is 3. The van der Waals surface area contributed by atoms with Crippen molar-refractivity contribution in [3.8, 4) is 0 Å². The van der Waals surface area contributed by atoms with E-state index in [9.17, 15) is 14.4 Å². The van der Waals surface area contributed by atoms with Gasteiger partial charge in [-0.2, -0.15) is 0 Å². The molecule has 0 saturated carbocycles. The van der Waals surface area contributed by atoms with Crippen LogP contribution in [0.4, 0.5) is 0 Å². The third-order valence-corrected chi connectivity index (χ3v) is 2.99. The van der Waals surface area contributed by atoms with Crippen LogP contribution in [0.15, 0.2) is 30.3 Å². The molecular weight excluding hydrogens is 260 g/mol. The number of carbonyl (C=O) groups excluding carboxylic acids is 2. The molecule has 3 N–H and O–H groups in total. The average molecular weight is 278 g/mol. The summed E-state index contributed by atoms with van der Waals surface area (Å²) in [6.45, 7) is 2.39. The van der Waals surface area contributed by atoms with Gasteiger partial charge in [-0.05, 0) is 19.4 Å². The van der Waals surface area contributed by atoms with E-state index in [1.165, 1.54) is 0 Å². The van der Waals surface area contributed by atoms with Gasteiger partial charge in [0.05, 0.1) is 12.0 Å². The summed E-state index contributed by atoms with van der Waals surface area (Å²) in [5.41, 5.74) is 4.87. The highest BCUT2D eigenvalue weighted by Gasteiger charge is 2.35. The van der Waals surface area contributed by atoms with Crippen LogP contribution in [-0.4, -0.2) is 40.9 Å². The van der Waals surface area contributed by atoms with Crippen molar-refractivity contribution in [2.24, 2.45) is 5.73 Å². The fourth-order valence-corrected chi connectivity index (χ4v) is 1.92. The Hall–Kier alpha value is -2.37. The summed E-state index contributed by atoms with van der Waals surface area (Å²) < 4.78 is 0. The van der Waals surface area contributed by atoms with Crippen molar-refractivity contribution < 1.29 is 19.5 Å². The number of aliphatic carboxylic acids is 1. The topological polar surface area (TPSA) is 101 Å². The maximum atomic E-state index is 12.5. The van der Waals surface area contributed by atoms with Gasteiger partial charge in [0, 0.05) is 0 Å². The van der Waals surface area contributed by atoms with Crippen LogP contribution in [0.1, 0.15) is 19.4 Å². The monoisotopic (exact) mass is 278 g/mol. The molecule has 0 unspecified atom stereocenters. The van der Waals surface area contributed by atoms with Crippen molar-refractivity contribution in [2.75, 3.05) is 13.1 Å². The normalized spacial score (nSPS) is 10.9. The second-order valence-electron chi connectivity index (χ2n) is 5.01. The summed E-state index contributed by atoms with van der Waals surface area (Å²) in [5, 5.41) is 8.84. The number of nitrogens with two attached hydrogens (primary N) is 1. The average Bonchev–Trinajstić information content (AvgIpc) is 2.37. The van der Waals surface area contributed by atoms with Gasteiger partial charge >= 0.3 is 5.97 Å². The molecule has 0 aromatic heterocycles. The summed E-state index contributed by atoms with van der Waals surface area (Å²) in [7, 11) is 0. The molecule has 0 saturated heterocycles. The number of carbonyl (C=O) groups is 3. The summed E-state index contributed by atoms with van der Waals surface area (Å²) in [4.78, 5) is 35.3. The molecule has 1 aromatic rings. The van der Waals surface area contributed by atoms with Crippen LogP contribution in [0.5, 0.6) is 0 Å². The van der Waals surface area contributed by atoms with E-state index in [4.69, 9.17) is 10.8 Å². The molecule has 0 atom stereocenters. The van der Waals surface area contributed by atoms with Crippen molar-refractivity contribution in [2.45, 2.75) is 19.3 Å². The molecule has 0 fully saturated rings. The zero-order valence-electron chi connectivity index (χ0n) is 11.5. The maximum absolute atomic E-state index is 12.5. The van der Waals surface area contributed by atoms with Gasteiger partial charge in [-0.25, -0.2) is 0 Å². The highest BCUT2D eigenvalue weighted by molar-refractivity contribution is 5.92. The molecule has 108 valence electrons. The van der Waals surface area contributed by atoms with Gasteiger partial charge in [0.2, 0.25) is 11.8 Å². The number of amides is 2. The fourth-order valence-electron chi connectivity index (χ4n) is 1.92. The molecule has 0 spiro atoms. The number of hydrogen-bond donors (Lipinski definition) is 2. The Kier molecular flexibility index (Phi) is 4.85. The van der Waals surface area contributed by atoms with Crippen LogP contribution in [-0.2, 0) is 19.8 Å². The van der Waals surface area contributed by atoms with E-state index in [1.54, 1.807) is 38.1 Å². The minimum absolute atomic E-state index is 0.415. The first-order valence-corrected chi connectivity index (χ1v) is 6.10. The number of rotatable bonds is 6. The van der Waals surface area contributed by atoms with Gasteiger partial charge in [-0.1, -0.05) is 30.3 Å². The quantitative estimate of drug-likeness (QED) is 0.784. The summed E-state index contributed by atoms with van der Waals surface area (Å²) >= 11 is 0. The van der Waals surface area contributed by atoms with Crippen LogP contribution in [0.3, 0.4) is 0 Å². The Morgan fingerprint density at radius 1 is 1.15 bits per heavy atom. The van der Waals surface area contributed by atoms with Gasteiger partial charge in [-0.3, -0.25) is 14.4 Å². The van der Waals surface area contributed by atoms with E-state index in [0.717, 1.165) is 10.5 Å². The molecule has 0 heterocycles. The minimum atomic E-state index is -1.19. The third kappa shape index (κ3) is 3.81. The second-order valence-corrected chi connectivity index (χ2v) is 5.01. The Morgan fingerprint density at radius 3 is 2.15 bits per heavy atom. The van der Waals surface area contributed by atoms with Gasteiger partial charge in [0.25, 0.3) is 0 Å². The zero-order valence-corrected chi connectivity index (χ0v) is 11.5. The lowest BCUT2D eigenvalue weighted by Crippen LogP contribution is -2.48. The Morgan fingerprint density at radius 2 is 1.70 bits per heavy atom. The third-order valence-electron chi connectivity index (χ3n) is 2.99. The zero-order chi connectivity index (χ0) is 15.3. The van der Waals surface area contributed by atoms with Crippen LogP contribution in [0, 0.1) is 0 Å². The molecular formula is C14H18N2O4. The number of benzene rings is 1. The maximum Gasteiger partial charge on any atom is 0.323 e. The fraction of sp³-hybridized carbons (Fsp3) is 0.357. The molecule has 1 rings (SSSR count). The molecule has 1 aromatic carbocycles. The second kappa shape index (κ2) is 6.18. The molecule has 0 radical (unpaired) electrons. The van der Waals surface area contributed by atoms with Crippen LogP contribution in [0.2, 0.25) is 0 Å². The van der Waals surface area contributed by atoms with Crippen molar-refractivity contribution in [3.63, 3.8) is 0 Å². The van der Waals surface area contributed by atoms with Gasteiger partial charge in [-0.15, -0.1) is 0 Å². The largest absolute Gasteiger partial charge is 0.480 e. The van der Waals surface area contributed by atoms with E-state index in [0.29, 0.717) is 0 Å². The van der Waals surface area contributed by atoms with Crippen LogP contribution in [0.25, 0.3) is 0 Å². The molecule has 0 aliphatic heterocycles.